The molecule has 1 aliphatic rings. The maximum atomic E-state index is 6.05. The maximum absolute atomic E-state index is 6.05. The normalized spacial score (nSPS) is 25.1. The fraction of sp³-hybridized carbons (Fsp3) is 0.636. The van der Waals surface area contributed by atoms with Crippen molar-refractivity contribution in [3.63, 3.8) is 0 Å². The third-order valence-corrected chi connectivity index (χ3v) is 3.91. The summed E-state index contributed by atoms with van der Waals surface area (Å²) in [7, 11) is 0. The number of anilines is 1. The van der Waals surface area contributed by atoms with Crippen LogP contribution in [0, 0.1) is 11.8 Å². The zero-order chi connectivity index (χ0) is 12.4. The highest BCUT2D eigenvalue weighted by Gasteiger charge is 2.26. The van der Waals surface area contributed by atoms with Gasteiger partial charge in [-0.15, -0.1) is 10.2 Å². The van der Waals surface area contributed by atoms with Gasteiger partial charge in [-0.05, 0) is 24.8 Å². The Balaban J connectivity index is 2.20. The van der Waals surface area contributed by atoms with E-state index >= 15 is 0 Å². The lowest BCUT2D eigenvalue weighted by atomic mass is 9.87. The summed E-state index contributed by atoms with van der Waals surface area (Å²) in [6.07, 6.45) is 1.11. The summed E-state index contributed by atoms with van der Waals surface area (Å²) in [4.78, 5) is 2.19. The van der Waals surface area contributed by atoms with Crippen LogP contribution in [0.5, 0.6) is 0 Å². The predicted octanol–water partition coefficient (Wildman–Crippen LogP) is 2.20. The first kappa shape index (κ1) is 12.9. The maximum Gasteiger partial charge on any atom is 0.175 e. The van der Waals surface area contributed by atoms with Gasteiger partial charge < -0.3 is 10.6 Å². The number of piperidine rings is 1. The van der Waals surface area contributed by atoms with Crippen molar-refractivity contribution in [2.45, 2.75) is 13.3 Å². The molecule has 1 saturated heterocycles. The fourth-order valence-electron chi connectivity index (χ4n) is 2.24. The fourth-order valence-corrected chi connectivity index (χ4v) is 2.59. The molecule has 0 radical (unpaired) electrons. The minimum atomic E-state index is 0.368. The van der Waals surface area contributed by atoms with E-state index in [9.17, 15) is 0 Å². The number of aromatic nitrogens is 2. The van der Waals surface area contributed by atoms with Crippen LogP contribution in [0.1, 0.15) is 13.3 Å². The minimum Gasteiger partial charge on any atom is -0.369 e. The van der Waals surface area contributed by atoms with Crippen LogP contribution >= 0.6 is 23.2 Å². The van der Waals surface area contributed by atoms with Crippen LogP contribution in [-0.4, -0.2) is 29.8 Å². The van der Waals surface area contributed by atoms with Gasteiger partial charge >= 0.3 is 0 Å². The molecule has 2 unspecified atom stereocenters. The van der Waals surface area contributed by atoms with E-state index in [1.165, 1.54) is 0 Å². The van der Waals surface area contributed by atoms with Crippen LogP contribution < -0.4 is 10.6 Å². The summed E-state index contributed by atoms with van der Waals surface area (Å²) in [6, 6.07) is 1.76. The summed E-state index contributed by atoms with van der Waals surface area (Å²) < 4.78 is 0. The lowest BCUT2D eigenvalue weighted by Crippen LogP contribution is -2.42. The molecule has 0 aromatic carbocycles. The zero-order valence-electron chi connectivity index (χ0n) is 9.74. The Bertz CT molecular complexity index is 399. The van der Waals surface area contributed by atoms with Crippen molar-refractivity contribution in [1.29, 1.82) is 0 Å². The second-order valence-corrected chi connectivity index (χ2v) is 5.30. The molecule has 1 aliphatic heterocycles. The number of nitrogens with two attached hydrogens (primary N) is 1. The van der Waals surface area contributed by atoms with Gasteiger partial charge in [0.2, 0.25) is 0 Å². The summed E-state index contributed by atoms with van der Waals surface area (Å²) in [6.45, 7) is 4.80. The van der Waals surface area contributed by atoms with Crippen LogP contribution in [0.25, 0.3) is 0 Å². The average Bonchev–Trinajstić information content (AvgIpc) is 2.33. The number of halogens is 2. The molecule has 2 rings (SSSR count). The molecule has 94 valence electrons. The topological polar surface area (TPSA) is 55.0 Å². The summed E-state index contributed by atoms with van der Waals surface area (Å²) >= 11 is 11.9. The Hall–Kier alpha value is -0.580. The van der Waals surface area contributed by atoms with Crippen LogP contribution in [0.2, 0.25) is 10.3 Å². The molecule has 0 amide bonds. The van der Waals surface area contributed by atoms with Crippen molar-refractivity contribution in [2.75, 3.05) is 24.5 Å². The van der Waals surface area contributed by atoms with Crippen molar-refractivity contribution in [1.82, 2.24) is 10.2 Å². The number of hydrogen-bond donors (Lipinski definition) is 1. The van der Waals surface area contributed by atoms with Crippen molar-refractivity contribution in [3.8, 4) is 0 Å². The number of hydrogen-bond acceptors (Lipinski definition) is 4. The standard InChI is InChI=1S/C11H16Cl2N4/c1-7-2-3-17(6-8(7)5-14)9-4-10(12)15-16-11(9)13/h4,7-8H,2-3,5-6,14H2,1H3. The highest BCUT2D eigenvalue weighted by Crippen LogP contribution is 2.31. The zero-order valence-corrected chi connectivity index (χ0v) is 11.2. The van der Waals surface area contributed by atoms with Gasteiger partial charge in [0.15, 0.2) is 10.3 Å². The van der Waals surface area contributed by atoms with E-state index < -0.39 is 0 Å². The van der Waals surface area contributed by atoms with Gasteiger partial charge in [-0.25, -0.2) is 0 Å². The molecule has 1 fully saturated rings. The van der Waals surface area contributed by atoms with Gasteiger partial charge in [0, 0.05) is 19.2 Å². The lowest BCUT2D eigenvalue weighted by Gasteiger charge is -2.38. The smallest absolute Gasteiger partial charge is 0.175 e. The largest absolute Gasteiger partial charge is 0.369 e. The molecule has 2 heterocycles. The monoisotopic (exact) mass is 274 g/mol. The molecule has 1 aromatic rings. The Morgan fingerprint density at radius 3 is 2.94 bits per heavy atom. The van der Waals surface area contributed by atoms with E-state index in [1.54, 1.807) is 6.07 Å². The number of nitrogens with zero attached hydrogens (tertiary/aromatic N) is 3. The first-order valence-corrected chi connectivity index (χ1v) is 6.51. The highest BCUT2D eigenvalue weighted by molar-refractivity contribution is 6.33. The average molecular weight is 275 g/mol. The second-order valence-electron chi connectivity index (χ2n) is 4.55. The van der Waals surface area contributed by atoms with E-state index in [4.69, 9.17) is 28.9 Å². The van der Waals surface area contributed by atoms with E-state index in [0.717, 1.165) is 25.2 Å². The van der Waals surface area contributed by atoms with Crippen LogP contribution in [0.15, 0.2) is 6.07 Å². The molecule has 0 saturated carbocycles. The van der Waals surface area contributed by atoms with Gasteiger partial charge in [0.1, 0.15) is 0 Å². The van der Waals surface area contributed by atoms with Crippen LogP contribution in [-0.2, 0) is 0 Å². The molecule has 0 spiro atoms. The Morgan fingerprint density at radius 2 is 2.24 bits per heavy atom. The van der Waals surface area contributed by atoms with Gasteiger partial charge in [-0.3, -0.25) is 0 Å². The molecule has 6 heteroatoms. The third-order valence-electron chi connectivity index (χ3n) is 3.46. The second kappa shape index (κ2) is 5.38. The van der Waals surface area contributed by atoms with Gasteiger partial charge in [0.05, 0.1) is 5.69 Å². The molecule has 4 nitrogen and oxygen atoms in total. The van der Waals surface area contributed by atoms with E-state index in [2.05, 4.69) is 22.0 Å². The Morgan fingerprint density at radius 1 is 1.47 bits per heavy atom. The van der Waals surface area contributed by atoms with Gasteiger partial charge in [-0.2, -0.15) is 0 Å². The van der Waals surface area contributed by atoms with Crippen molar-refractivity contribution >= 4 is 28.9 Å². The molecule has 17 heavy (non-hydrogen) atoms. The SMILES string of the molecule is CC1CCN(c2cc(Cl)nnc2Cl)CC1CN. The van der Waals surface area contributed by atoms with Crippen molar-refractivity contribution in [3.05, 3.63) is 16.4 Å². The summed E-state index contributed by atoms with van der Waals surface area (Å²) in [5.74, 6) is 1.15. The van der Waals surface area contributed by atoms with E-state index in [-0.39, 0.29) is 0 Å². The van der Waals surface area contributed by atoms with Gasteiger partial charge in [0.25, 0.3) is 0 Å². The summed E-state index contributed by atoms with van der Waals surface area (Å²) in [5.41, 5.74) is 6.65. The van der Waals surface area contributed by atoms with Crippen LogP contribution in [0.4, 0.5) is 5.69 Å². The molecule has 2 N–H and O–H groups in total. The predicted molar refractivity (Wildman–Crippen MR) is 70.6 cm³/mol. The third kappa shape index (κ3) is 2.81. The molecular weight excluding hydrogens is 259 g/mol. The van der Waals surface area contributed by atoms with Crippen LogP contribution in [0.3, 0.4) is 0 Å². The molecule has 0 bridgehead atoms. The van der Waals surface area contributed by atoms with E-state index in [0.29, 0.717) is 28.7 Å². The van der Waals surface area contributed by atoms with Crippen molar-refractivity contribution < 1.29 is 0 Å². The molecule has 2 atom stereocenters. The molecular formula is C11H16Cl2N4. The quantitative estimate of drug-likeness (QED) is 0.899. The molecule has 0 aliphatic carbocycles. The van der Waals surface area contributed by atoms with Gasteiger partial charge in [-0.1, -0.05) is 30.1 Å². The Labute approximate surface area is 111 Å². The summed E-state index contributed by atoms with van der Waals surface area (Å²) in [5, 5.41) is 8.33. The van der Waals surface area contributed by atoms with Crippen molar-refractivity contribution in [2.24, 2.45) is 17.6 Å². The first-order chi connectivity index (χ1) is 8.11. The lowest BCUT2D eigenvalue weighted by molar-refractivity contribution is 0.308. The minimum absolute atomic E-state index is 0.368. The number of rotatable bonds is 2. The van der Waals surface area contributed by atoms with E-state index in [1.807, 2.05) is 0 Å². The molecule has 1 aromatic heterocycles. The highest BCUT2D eigenvalue weighted by atomic mass is 35.5. The first-order valence-electron chi connectivity index (χ1n) is 5.75. The Kier molecular flexibility index (Phi) is 4.07.